The number of hydrogen-bond donors (Lipinski definition) is 1. The molecule has 10 nitrogen and oxygen atoms in total. The minimum atomic E-state index is -3.37. The Morgan fingerprint density at radius 2 is 1.97 bits per heavy atom. The second-order valence-electron chi connectivity index (χ2n) is 8.37. The van der Waals surface area contributed by atoms with Crippen LogP contribution < -0.4 is 5.73 Å². The molecule has 3 heterocycles. The predicted molar refractivity (Wildman–Crippen MR) is 127 cm³/mol. The SMILES string of the molecule is Cc1ncc(-c2ccc(S(=O)(=O)C(C)C)cc2)nc1-c1nnc(C(=O)N2CCCC(N)C2)o1.[HH].[HH].[HH]. The Kier molecular flexibility index (Phi) is 6.26. The molecule has 33 heavy (non-hydrogen) atoms. The van der Waals surface area contributed by atoms with Crippen molar-refractivity contribution in [1.29, 1.82) is 0 Å². The molecule has 0 radical (unpaired) electrons. The summed E-state index contributed by atoms with van der Waals surface area (Å²) in [6.45, 7) is 6.09. The van der Waals surface area contributed by atoms with Crippen molar-refractivity contribution >= 4 is 15.7 Å². The fourth-order valence-corrected chi connectivity index (χ4v) is 4.67. The highest BCUT2D eigenvalue weighted by Crippen LogP contribution is 2.26. The number of aryl methyl sites for hydroxylation is 1. The molecule has 0 aliphatic carbocycles. The van der Waals surface area contributed by atoms with Gasteiger partial charge in [0.25, 0.3) is 5.89 Å². The summed E-state index contributed by atoms with van der Waals surface area (Å²) in [4.78, 5) is 23.5. The number of carbonyl (C=O) groups excluding carboxylic acids is 1. The first-order chi connectivity index (χ1) is 15.7. The number of nitrogens with two attached hydrogens (primary N) is 1. The van der Waals surface area contributed by atoms with Crippen molar-refractivity contribution in [3.63, 3.8) is 0 Å². The molecule has 0 saturated carbocycles. The van der Waals surface area contributed by atoms with E-state index >= 15 is 0 Å². The molecule has 1 aliphatic rings. The number of rotatable bonds is 5. The Morgan fingerprint density at radius 3 is 2.64 bits per heavy atom. The summed E-state index contributed by atoms with van der Waals surface area (Å²) >= 11 is 0. The monoisotopic (exact) mass is 476 g/mol. The van der Waals surface area contributed by atoms with Crippen LogP contribution in [0.1, 0.15) is 47.3 Å². The summed E-state index contributed by atoms with van der Waals surface area (Å²) < 4.78 is 30.4. The fraction of sp³-hybridized carbons (Fsp3) is 0.409. The number of likely N-dealkylation sites (tertiary alicyclic amines) is 1. The third kappa shape index (κ3) is 4.64. The van der Waals surface area contributed by atoms with E-state index in [0.29, 0.717) is 35.7 Å². The molecule has 2 N–H and O–H groups in total. The van der Waals surface area contributed by atoms with E-state index in [0.717, 1.165) is 12.8 Å². The standard InChI is InChI=1S/C22H26N6O4S.3H2/c1-13(2)33(30,31)17-8-6-15(7-9-17)18-11-24-14(3)19(25-18)20-26-27-21(32-20)22(29)28-10-4-5-16(23)12-28;;;/h6-9,11,13,16H,4-5,10,12,23H2,1-3H3;3*1H. The van der Waals surface area contributed by atoms with Gasteiger partial charge in [0, 0.05) is 29.0 Å². The molecule has 1 unspecified atom stereocenters. The average Bonchev–Trinajstić information content (AvgIpc) is 3.29. The van der Waals surface area contributed by atoms with Crippen LogP contribution in [0.4, 0.5) is 0 Å². The van der Waals surface area contributed by atoms with Crippen LogP contribution in [0, 0.1) is 6.92 Å². The van der Waals surface area contributed by atoms with Gasteiger partial charge in [-0.15, -0.1) is 10.2 Å². The van der Waals surface area contributed by atoms with Gasteiger partial charge in [0.2, 0.25) is 0 Å². The maximum absolute atomic E-state index is 12.7. The van der Waals surface area contributed by atoms with E-state index in [9.17, 15) is 13.2 Å². The zero-order valence-electron chi connectivity index (χ0n) is 18.7. The topological polar surface area (TPSA) is 145 Å². The molecule has 1 amide bonds. The van der Waals surface area contributed by atoms with Gasteiger partial charge in [0.1, 0.15) is 5.69 Å². The Bertz CT molecular complexity index is 1290. The minimum Gasteiger partial charge on any atom is -0.411 e. The second kappa shape index (κ2) is 8.99. The molecular weight excluding hydrogens is 444 g/mol. The smallest absolute Gasteiger partial charge is 0.311 e. The lowest BCUT2D eigenvalue weighted by Gasteiger charge is -2.29. The van der Waals surface area contributed by atoms with Gasteiger partial charge < -0.3 is 15.1 Å². The molecule has 1 aliphatic heterocycles. The van der Waals surface area contributed by atoms with E-state index in [1.54, 1.807) is 56.1 Å². The maximum Gasteiger partial charge on any atom is 0.311 e. The van der Waals surface area contributed by atoms with Gasteiger partial charge in [-0.1, -0.05) is 12.1 Å². The highest BCUT2D eigenvalue weighted by Gasteiger charge is 2.27. The number of benzene rings is 1. The van der Waals surface area contributed by atoms with Gasteiger partial charge in [-0.05, 0) is 45.7 Å². The van der Waals surface area contributed by atoms with Crippen molar-refractivity contribution in [1.82, 2.24) is 25.1 Å². The molecule has 180 valence electrons. The van der Waals surface area contributed by atoms with E-state index in [-0.39, 0.29) is 32.9 Å². The van der Waals surface area contributed by atoms with Crippen molar-refractivity contribution in [3.05, 3.63) is 42.0 Å². The number of aromatic nitrogens is 4. The largest absolute Gasteiger partial charge is 0.411 e. The van der Waals surface area contributed by atoms with Crippen LogP contribution in [0.3, 0.4) is 0 Å². The zero-order valence-corrected chi connectivity index (χ0v) is 19.5. The zero-order chi connectivity index (χ0) is 23.8. The van der Waals surface area contributed by atoms with Crippen LogP contribution in [-0.4, -0.2) is 63.8 Å². The number of nitrogens with zero attached hydrogens (tertiary/aromatic N) is 5. The summed E-state index contributed by atoms with van der Waals surface area (Å²) in [5.41, 5.74) is 8.07. The highest BCUT2D eigenvalue weighted by atomic mass is 32.2. The third-order valence-electron chi connectivity index (χ3n) is 5.61. The maximum atomic E-state index is 12.7. The Morgan fingerprint density at radius 1 is 1.24 bits per heavy atom. The average molecular weight is 477 g/mol. The lowest BCUT2D eigenvalue weighted by molar-refractivity contribution is 0.0669. The van der Waals surface area contributed by atoms with E-state index < -0.39 is 15.1 Å². The molecular formula is C22H32N6O4S. The minimum absolute atomic E-state index is 0. The Balaban J connectivity index is 0.00000216. The van der Waals surface area contributed by atoms with Gasteiger partial charge in [-0.2, -0.15) is 0 Å². The second-order valence-corrected chi connectivity index (χ2v) is 10.9. The quantitative estimate of drug-likeness (QED) is 0.587. The van der Waals surface area contributed by atoms with Gasteiger partial charge in [-0.3, -0.25) is 9.78 Å². The van der Waals surface area contributed by atoms with E-state index in [2.05, 4.69) is 20.2 Å². The van der Waals surface area contributed by atoms with Gasteiger partial charge >= 0.3 is 11.8 Å². The first-order valence-corrected chi connectivity index (χ1v) is 12.3. The Hall–Kier alpha value is -3.18. The molecule has 1 fully saturated rings. The Labute approximate surface area is 196 Å². The van der Waals surface area contributed by atoms with E-state index in [4.69, 9.17) is 10.2 Å². The molecule has 2 aromatic heterocycles. The summed E-state index contributed by atoms with van der Waals surface area (Å²) in [5.74, 6) is -0.382. The van der Waals surface area contributed by atoms with Crippen LogP contribution in [0.2, 0.25) is 0 Å². The van der Waals surface area contributed by atoms with Crippen LogP contribution in [-0.2, 0) is 9.84 Å². The van der Waals surface area contributed by atoms with Crippen molar-refractivity contribution in [3.8, 4) is 22.8 Å². The molecule has 0 spiro atoms. The summed E-state index contributed by atoms with van der Waals surface area (Å²) in [5, 5.41) is 7.40. The molecule has 11 heteroatoms. The fourth-order valence-electron chi connectivity index (χ4n) is 3.61. The molecule has 1 aromatic carbocycles. The molecule has 1 saturated heterocycles. The third-order valence-corrected chi connectivity index (χ3v) is 7.78. The van der Waals surface area contributed by atoms with Crippen LogP contribution in [0.5, 0.6) is 0 Å². The van der Waals surface area contributed by atoms with Crippen molar-refractivity contribution in [2.75, 3.05) is 13.1 Å². The van der Waals surface area contributed by atoms with Crippen molar-refractivity contribution < 1.29 is 21.9 Å². The van der Waals surface area contributed by atoms with Crippen molar-refractivity contribution in [2.24, 2.45) is 5.73 Å². The predicted octanol–water partition coefficient (Wildman–Crippen LogP) is 2.99. The molecule has 3 aromatic rings. The van der Waals surface area contributed by atoms with Gasteiger partial charge in [0.05, 0.1) is 27.7 Å². The lowest BCUT2D eigenvalue weighted by Crippen LogP contribution is -2.45. The number of sulfone groups is 1. The highest BCUT2D eigenvalue weighted by molar-refractivity contribution is 7.92. The first-order valence-electron chi connectivity index (χ1n) is 10.7. The number of hydrogen-bond acceptors (Lipinski definition) is 9. The summed E-state index contributed by atoms with van der Waals surface area (Å²) in [6, 6.07) is 6.41. The van der Waals surface area contributed by atoms with Crippen LogP contribution in [0.25, 0.3) is 22.8 Å². The van der Waals surface area contributed by atoms with E-state index in [1.807, 2.05) is 0 Å². The number of carbonyl (C=O) groups is 1. The molecule has 4 rings (SSSR count). The normalized spacial score (nSPS) is 16.9. The van der Waals surface area contributed by atoms with Gasteiger partial charge in [0.15, 0.2) is 9.84 Å². The summed E-state index contributed by atoms with van der Waals surface area (Å²) in [7, 11) is -3.37. The summed E-state index contributed by atoms with van der Waals surface area (Å²) in [6.07, 6.45) is 3.30. The number of amides is 1. The van der Waals surface area contributed by atoms with Crippen LogP contribution >= 0.6 is 0 Å². The van der Waals surface area contributed by atoms with E-state index in [1.165, 1.54) is 0 Å². The number of piperidine rings is 1. The van der Waals surface area contributed by atoms with Crippen molar-refractivity contribution in [2.45, 2.75) is 49.8 Å². The lowest BCUT2D eigenvalue weighted by atomic mass is 10.1. The molecule has 1 atom stereocenters. The molecule has 0 bridgehead atoms. The van der Waals surface area contributed by atoms with Crippen LogP contribution in [0.15, 0.2) is 39.8 Å². The first kappa shape index (κ1) is 23.0. The van der Waals surface area contributed by atoms with Gasteiger partial charge in [-0.25, -0.2) is 13.4 Å².